The molecule has 0 N–H and O–H groups in total. The number of nitrogens with zero attached hydrogens (tertiary/aromatic N) is 4. The minimum Gasteiger partial charge on any atom is -0.454 e. The van der Waals surface area contributed by atoms with Gasteiger partial charge >= 0.3 is 5.97 Å². The van der Waals surface area contributed by atoms with Gasteiger partial charge in [-0.25, -0.2) is 9.37 Å². The Bertz CT molecular complexity index is 1490. The highest BCUT2D eigenvalue weighted by molar-refractivity contribution is 5.79. The molecule has 0 spiro atoms. The summed E-state index contributed by atoms with van der Waals surface area (Å²) in [6, 6.07) is 4.60. The quantitative estimate of drug-likeness (QED) is 0.100. The number of rotatable bonds is 18. The first kappa shape index (κ1) is 35.2. The van der Waals surface area contributed by atoms with Crippen LogP contribution in [0.4, 0.5) is 4.39 Å². The van der Waals surface area contributed by atoms with Gasteiger partial charge in [0.15, 0.2) is 17.5 Å². The molecule has 8 nitrogen and oxygen atoms in total. The Morgan fingerprint density at radius 2 is 1.64 bits per heavy atom. The van der Waals surface area contributed by atoms with E-state index in [0.717, 1.165) is 74.1 Å². The summed E-state index contributed by atoms with van der Waals surface area (Å²) in [4.78, 5) is 33.6. The molecule has 2 aromatic heterocycles. The lowest BCUT2D eigenvalue weighted by Crippen LogP contribution is -2.38. The number of carbonyl (C=O) groups is 1. The largest absolute Gasteiger partial charge is 0.454 e. The van der Waals surface area contributed by atoms with Gasteiger partial charge in [0, 0.05) is 48.1 Å². The number of aryl methyl sites for hydroxylation is 1. The Kier molecular flexibility index (Phi) is 13.4. The number of piperidine rings is 1. The van der Waals surface area contributed by atoms with Crippen LogP contribution in [0.2, 0.25) is 0 Å². The van der Waals surface area contributed by atoms with Gasteiger partial charge in [0.25, 0.3) is 5.56 Å². The predicted octanol–water partition coefficient (Wildman–Crippen LogP) is 8.72. The molecule has 0 aliphatic carbocycles. The summed E-state index contributed by atoms with van der Waals surface area (Å²) in [6.45, 7) is 7.36. The van der Waals surface area contributed by atoms with E-state index in [-0.39, 0.29) is 23.3 Å². The highest BCUT2D eigenvalue weighted by atomic mass is 19.1. The van der Waals surface area contributed by atoms with Crippen molar-refractivity contribution in [1.29, 1.82) is 0 Å². The molecule has 1 aromatic carbocycles. The zero-order valence-corrected chi connectivity index (χ0v) is 28.7. The van der Waals surface area contributed by atoms with E-state index in [2.05, 4.69) is 17.0 Å². The van der Waals surface area contributed by atoms with Crippen molar-refractivity contribution in [2.45, 2.75) is 148 Å². The maximum Gasteiger partial charge on any atom is 0.306 e. The number of halogens is 1. The van der Waals surface area contributed by atoms with E-state index in [1.54, 1.807) is 10.6 Å². The predicted molar refractivity (Wildman–Crippen MR) is 183 cm³/mol. The molecule has 1 fully saturated rings. The van der Waals surface area contributed by atoms with Crippen LogP contribution in [0.3, 0.4) is 0 Å². The normalized spacial score (nSPS) is 17.3. The Morgan fingerprint density at radius 1 is 0.957 bits per heavy atom. The number of benzene rings is 1. The molecule has 1 atom stereocenters. The molecule has 47 heavy (non-hydrogen) atoms. The van der Waals surface area contributed by atoms with Crippen LogP contribution in [0.15, 0.2) is 27.5 Å². The fourth-order valence-electron chi connectivity index (χ4n) is 7.40. The van der Waals surface area contributed by atoms with Gasteiger partial charge < -0.3 is 14.2 Å². The standard InChI is InChI=1S/C38H55FN4O4/c1-3-4-5-6-7-8-9-10-11-12-13-14-17-35(44)46-33-16-15-23-43-37(33)40-28(2)31(38(43)45)22-26-42-24-20-29(21-25-42)36-32-19-18-30(39)27-34(32)47-41-36/h18-19,27,29,33H,3-17,20-26H2,1-2H3/t33-/m0/s1. The van der Waals surface area contributed by atoms with Crippen molar-refractivity contribution in [3.8, 4) is 0 Å². The molecule has 1 saturated heterocycles. The molecule has 4 heterocycles. The van der Waals surface area contributed by atoms with E-state index in [0.29, 0.717) is 37.2 Å². The van der Waals surface area contributed by atoms with Crippen molar-refractivity contribution in [1.82, 2.24) is 19.6 Å². The Labute approximate surface area is 279 Å². The molecule has 3 aromatic rings. The summed E-state index contributed by atoms with van der Waals surface area (Å²) in [6.07, 6.45) is 19.1. The fraction of sp³-hybridized carbons (Fsp3) is 0.684. The molecule has 2 aliphatic rings. The molecule has 2 aliphatic heterocycles. The molecule has 258 valence electrons. The van der Waals surface area contributed by atoms with Crippen LogP contribution in [0.5, 0.6) is 0 Å². The van der Waals surface area contributed by atoms with Crippen LogP contribution in [0, 0.1) is 12.7 Å². The van der Waals surface area contributed by atoms with Crippen molar-refractivity contribution >= 4 is 16.9 Å². The first-order chi connectivity index (χ1) is 22.9. The third-order valence-electron chi connectivity index (χ3n) is 10.3. The van der Waals surface area contributed by atoms with Crippen LogP contribution in [0.25, 0.3) is 11.0 Å². The van der Waals surface area contributed by atoms with Gasteiger partial charge in [-0.3, -0.25) is 14.2 Å². The van der Waals surface area contributed by atoms with Gasteiger partial charge in [0.05, 0.1) is 5.69 Å². The number of unbranched alkanes of at least 4 members (excludes halogenated alkanes) is 11. The van der Waals surface area contributed by atoms with Crippen molar-refractivity contribution in [2.24, 2.45) is 0 Å². The van der Waals surface area contributed by atoms with Gasteiger partial charge in [-0.05, 0) is 70.7 Å². The number of fused-ring (bicyclic) bond motifs is 2. The maximum absolute atomic E-state index is 13.6. The molecule has 0 saturated carbocycles. The van der Waals surface area contributed by atoms with E-state index in [1.165, 1.54) is 76.3 Å². The van der Waals surface area contributed by atoms with Crippen LogP contribution in [-0.2, 0) is 22.5 Å². The Morgan fingerprint density at radius 3 is 2.34 bits per heavy atom. The Balaban J connectivity index is 1.03. The summed E-state index contributed by atoms with van der Waals surface area (Å²) in [5.41, 5.74) is 2.91. The summed E-state index contributed by atoms with van der Waals surface area (Å²) >= 11 is 0. The highest BCUT2D eigenvalue weighted by Crippen LogP contribution is 2.33. The van der Waals surface area contributed by atoms with E-state index in [4.69, 9.17) is 14.2 Å². The smallest absolute Gasteiger partial charge is 0.306 e. The van der Waals surface area contributed by atoms with Crippen LogP contribution < -0.4 is 5.56 Å². The summed E-state index contributed by atoms with van der Waals surface area (Å²) in [5.74, 6) is 0.376. The topological polar surface area (TPSA) is 90.5 Å². The van der Waals surface area contributed by atoms with E-state index in [1.807, 2.05) is 6.92 Å². The monoisotopic (exact) mass is 650 g/mol. The van der Waals surface area contributed by atoms with E-state index >= 15 is 0 Å². The highest BCUT2D eigenvalue weighted by Gasteiger charge is 2.29. The summed E-state index contributed by atoms with van der Waals surface area (Å²) < 4.78 is 26.6. The number of esters is 1. The number of aromatic nitrogens is 3. The molecule has 5 rings (SSSR count). The number of likely N-dealkylation sites (tertiary alicyclic amines) is 1. The minimum atomic E-state index is -0.447. The molecule has 9 heteroatoms. The zero-order valence-electron chi connectivity index (χ0n) is 28.7. The first-order valence-electron chi connectivity index (χ1n) is 18.5. The van der Waals surface area contributed by atoms with Crippen molar-refractivity contribution in [3.05, 3.63) is 57.1 Å². The maximum atomic E-state index is 13.6. The fourth-order valence-corrected chi connectivity index (χ4v) is 7.40. The number of carbonyl (C=O) groups excluding carboxylic acids is 1. The lowest BCUT2D eigenvalue weighted by Gasteiger charge is -2.31. The van der Waals surface area contributed by atoms with Gasteiger partial charge in [0.1, 0.15) is 5.82 Å². The van der Waals surface area contributed by atoms with Gasteiger partial charge in [-0.15, -0.1) is 0 Å². The molecular weight excluding hydrogens is 595 g/mol. The van der Waals surface area contributed by atoms with Crippen LogP contribution >= 0.6 is 0 Å². The molecule has 0 bridgehead atoms. The number of hydrogen-bond acceptors (Lipinski definition) is 7. The second kappa shape index (κ2) is 17.9. The van der Waals surface area contributed by atoms with Gasteiger partial charge in [-0.2, -0.15) is 0 Å². The van der Waals surface area contributed by atoms with Crippen LogP contribution in [0.1, 0.15) is 151 Å². The first-order valence-corrected chi connectivity index (χ1v) is 18.5. The second-order valence-corrected chi connectivity index (χ2v) is 13.8. The second-order valence-electron chi connectivity index (χ2n) is 13.8. The molecular formula is C38H55FN4O4. The van der Waals surface area contributed by atoms with E-state index < -0.39 is 6.10 Å². The van der Waals surface area contributed by atoms with Crippen LogP contribution in [-0.4, -0.2) is 45.2 Å². The zero-order chi connectivity index (χ0) is 33.0. The third-order valence-corrected chi connectivity index (χ3v) is 10.3. The average Bonchev–Trinajstić information content (AvgIpc) is 3.49. The van der Waals surface area contributed by atoms with Crippen molar-refractivity contribution in [3.63, 3.8) is 0 Å². The van der Waals surface area contributed by atoms with Gasteiger partial charge in [0.2, 0.25) is 0 Å². The third kappa shape index (κ3) is 9.74. The van der Waals surface area contributed by atoms with Gasteiger partial charge in [-0.1, -0.05) is 82.7 Å². The molecule has 0 unspecified atom stereocenters. The minimum absolute atomic E-state index is 0.00499. The van der Waals surface area contributed by atoms with Crippen molar-refractivity contribution in [2.75, 3.05) is 19.6 Å². The Hall–Kier alpha value is -3.07. The average molecular weight is 651 g/mol. The lowest BCUT2D eigenvalue weighted by molar-refractivity contribution is -0.151. The summed E-state index contributed by atoms with van der Waals surface area (Å²) in [7, 11) is 0. The molecule has 0 radical (unpaired) electrons. The molecule has 0 amide bonds. The van der Waals surface area contributed by atoms with E-state index in [9.17, 15) is 14.0 Å². The summed E-state index contributed by atoms with van der Waals surface area (Å²) in [5, 5.41) is 5.16. The number of ether oxygens (including phenoxy) is 1. The lowest BCUT2D eigenvalue weighted by atomic mass is 9.91. The van der Waals surface area contributed by atoms with Crippen molar-refractivity contribution < 1.29 is 18.4 Å². The number of hydrogen-bond donors (Lipinski definition) is 0. The SMILES string of the molecule is CCCCCCCCCCCCCCC(=O)O[C@H]1CCCn2c1nc(C)c(CCN1CCC(c3noc4cc(F)ccc34)CC1)c2=O.